The van der Waals surface area contributed by atoms with Crippen LogP contribution in [0.25, 0.3) is 11.0 Å². The maximum absolute atomic E-state index is 6.14. The Morgan fingerprint density at radius 1 is 1.24 bits per heavy atom. The predicted octanol–water partition coefficient (Wildman–Crippen LogP) is 6.04. The highest BCUT2D eigenvalue weighted by Crippen LogP contribution is 2.30. The number of imidazole rings is 1. The van der Waals surface area contributed by atoms with E-state index in [0.717, 1.165) is 28.4 Å². The topological polar surface area (TPSA) is 17.8 Å². The second kappa shape index (κ2) is 7.02. The van der Waals surface area contributed by atoms with E-state index < -0.39 is 0 Å². The Morgan fingerprint density at radius 2 is 2.00 bits per heavy atom. The first-order valence-corrected chi connectivity index (χ1v) is 8.59. The molecule has 0 amide bonds. The number of benzene rings is 1. The van der Waals surface area contributed by atoms with Crippen molar-refractivity contribution < 1.29 is 0 Å². The SMILES string of the molecule is CCCCCC(C)(C)Cn1c(CCl)nc2ccc(Cl)cc21. The Balaban J connectivity index is 2.29. The van der Waals surface area contributed by atoms with E-state index in [9.17, 15) is 0 Å². The molecule has 1 aromatic carbocycles. The third-order valence-corrected chi connectivity index (χ3v) is 4.43. The molecule has 1 heterocycles. The van der Waals surface area contributed by atoms with Gasteiger partial charge in [-0.05, 0) is 30.0 Å². The Morgan fingerprint density at radius 3 is 2.67 bits per heavy atom. The minimum atomic E-state index is 0.228. The van der Waals surface area contributed by atoms with Crippen LogP contribution in [0.4, 0.5) is 0 Å². The van der Waals surface area contributed by atoms with Gasteiger partial charge in [-0.3, -0.25) is 0 Å². The summed E-state index contributed by atoms with van der Waals surface area (Å²) >= 11 is 12.2. The number of hydrogen-bond donors (Lipinski definition) is 0. The fourth-order valence-corrected chi connectivity index (χ4v) is 3.16. The Kier molecular flexibility index (Phi) is 5.56. The van der Waals surface area contributed by atoms with Crippen LogP contribution in [0.1, 0.15) is 52.3 Å². The number of rotatable bonds is 7. The molecule has 0 aliphatic carbocycles. The Bertz CT molecular complexity index is 602. The van der Waals surface area contributed by atoms with E-state index in [4.69, 9.17) is 23.2 Å². The molecular weight excluding hydrogens is 303 g/mol. The number of nitrogens with zero attached hydrogens (tertiary/aromatic N) is 2. The molecule has 2 rings (SSSR count). The summed E-state index contributed by atoms with van der Waals surface area (Å²) in [5.41, 5.74) is 2.28. The molecule has 4 heteroatoms. The summed E-state index contributed by atoms with van der Waals surface area (Å²) in [7, 11) is 0. The van der Waals surface area contributed by atoms with Gasteiger partial charge < -0.3 is 4.57 Å². The van der Waals surface area contributed by atoms with Crippen LogP contribution < -0.4 is 0 Å². The normalized spacial score (nSPS) is 12.2. The van der Waals surface area contributed by atoms with E-state index >= 15 is 0 Å². The van der Waals surface area contributed by atoms with E-state index in [-0.39, 0.29) is 5.41 Å². The van der Waals surface area contributed by atoms with Gasteiger partial charge in [-0.25, -0.2) is 4.98 Å². The van der Waals surface area contributed by atoms with E-state index in [2.05, 4.69) is 30.3 Å². The minimum Gasteiger partial charge on any atom is -0.326 e. The van der Waals surface area contributed by atoms with Crippen molar-refractivity contribution in [3.05, 3.63) is 29.0 Å². The summed E-state index contributed by atoms with van der Waals surface area (Å²) in [5.74, 6) is 1.36. The zero-order chi connectivity index (χ0) is 15.5. The van der Waals surface area contributed by atoms with Gasteiger partial charge in [-0.15, -0.1) is 11.6 Å². The van der Waals surface area contributed by atoms with Crippen molar-refractivity contribution >= 4 is 34.2 Å². The second-order valence-electron chi connectivity index (χ2n) is 6.50. The van der Waals surface area contributed by atoms with Gasteiger partial charge in [0.1, 0.15) is 5.82 Å². The molecule has 0 aliphatic heterocycles. The molecule has 0 N–H and O–H groups in total. The van der Waals surface area contributed by atoms with Crippen molar-refractivity contribution in [2.75, 3.05) is 0 Å². The molecule has 0 saturated heterocycles. The van der Waals surface area contributed by atoms with Gasteiger partial charge in [0.25, 0.3) is 0 Å². The maximum atomic E-state index is 6.14. The van der Waals surface area contributed by atoms with Crippen LogP contribution in [-0.4, -0.2) is 9.55 Å². The molecule has 0 bridgehead atoms. The van der Waals surface area contributed by atoms with Gasteiger partial charge in [0.15, 0.2) is 0 Å². The van der Waals surface area contributed by atoms with Crippen LogP contribution in [-0.2, 0) is 12.4 Å². The second-order valence-corrected chi connectivity index (χ2v) is 7.21. The Labute approximate surface area is 137 Å². The van der Waals surface area contributed by atoms with Crippen LogP contribution in [0, 0.1) is 5.41 Å². The van der Waals surface area contributed by atoms with E-state index in [1.54, 1.807) is 0 Å². The molecule has 2 nitrogen and oxygen atoms in total. The fraction of sp³-hybridized carbons (Fsp3) is 0.588. The van der Waals surface area contributed by atoms with Gasteiger partial charge in [0, 0.05) is 11.6 Å². The highest BCUT2D eigenvalue weighted by atomic mass is 35.5. The predicted molar refractivity (Wildman–Crippen MR) is 92.2 cm³/mol. The van der Waals surface area contributed by atoms with Crippen LogP contribution in [0.5, 0.6) is 0 Å². The number of halogens is 2. The molecule has 116 valence electrons. The lowest BCUT2D eigenvalue weighted by molar-refractivity contribution is 0.272. The standard InChI is InChI=1S/C17H24Cl2N2/c1-4-5-6-9-17(2,3)12-21-15-10-13(19)7-8-14(15)20-16(21)11-18/h7-8,10H,4-6,9,11-12H2,1-3H3. The highest BCUT2D eigenvalue weighted by Gasteiger charge is 2.21. The summed E-state index contributed by atoms with van der Waals surface area (Å²) < 4.78 is 2.24. The van der Waals surface area contributed by atoms with E-state index in [1.807, 2.05) is 18.2 Å². The fourth-order valence-electron chi connectivity index (χ4n) is 2.78. The largest absolute Gasteiger partial charge is 0.326 e. The molecule has 0 atom stereocenters. The summed E-state index contributed by atoms with van der Waals surface area (Å²) in [6, 6.07) is 5.84. The summed E-state index contributed by atoms with van der Waals surface area (Å²) in [5, 5.41) is 0.744. The highest BCUT2D eigenvalue weighted by molar-refractivity contribution is 6.31. The average Bonchev–Trinajstić information content (AvgIpc) is 2.76. The molecule has 0 saturated carbocycles. The smallest absolute Gasteiger partial charge is 0.124 e. The van der Waals surface area contributed by atoms with E-state index in [1.165, 1.54) is 25.7 Å². The van der Waals surface area contributed by atoms with Crippen molar-refractivity contribution in [1.29, 1.82) is 0 Å². The average molecular weight is 327 g/mol. The van der Waals surface area contributed by atoms with Crippen molar-refractivity contribution in [3.8, 4) is 0 Å². The van der Waals surface area contributed by atoms with Crippen molar-refractivity contribution in [2.45, 2.75) is 58.9 Å². The maximum Gasteiger partial charge on any atom is 0.124 e. The molecule has 0 unspecified atom stereocenters. The van der Waals surface area contributed by atoms with Gasteiger partial charge >= 0.3 is 0 Å². The summed E-state index contributed by atoms with van der Waals surface area (Å²) in [6.45, 7) is 7.80. The van der Waals surface area contributed by atoms with Gasteiger partial charge in [0.2, 0.25) is 0 Å². The third-order valence-electron chi connectivity index (χ3n) is 3.95. The number of aromatic nitrogens is 2. The first kappa shape index (κ1) is 16.6. The summed E-state index contributed by atoms with van der Waals surface area (Å²) in [6.07, 6.45) is 5.03. The van der Waals surface area contributed by atoms with Crippen molar-refractivity contribution in [3.63, 3.8) is 0 Å². The molecule has 0 radical (unpaired) electrons. The third kappa shape index (κ3) is 4.14. The molecule has 0 aliphatic rings. The van der Waals surface area contributed by atoms with Gasteiger partial charge in [-0.1, -0.05) is 51.6 Å². The minimum absolute atomic E-state index is 0.228. The van der Waals surface area contributed by atoms with Gasteiger partial charge in [0.05, 0.1) is 16.9 Å². The first-order chi connectivity index (χ1) is 9.96. The first-order valence-electron chi connectivity index (χ1n) is 7.67. The van der Waals surface area contributed by atoms with Crippen LogP contribution in [0.3, 0.4) is 0 Å². The van der Waals surface area contributed by atoms with Gasteiger partial charge in [-0.2, -0.15) is 0 Å². The molecule has 0 spiro atoms. The summed E-state index contributed by atoms with van der Waals surface area (Å²) in [4.78, 5) is 4.63. The van der Waals surface area contributed by atoms with Crippen LogP contribution >= 0.6 is 23.2 Å². The van der Waals surface area contributed by atoms with Crippen molar-refractivity contribution in [1.82, 2.24) is 9.55 Å². The number of fused-ring (bicyclic) bond motifs is 1. The monoisotopic (exact) mass is 326 g/mol. The zero-order valence-corrected chi connectivity index (χ0v) is 14.6. The van der Waals surface area contributed by atoms with Crippen LogP contribution in [0.2, 0.25) is 5.02 Å². The lowest BCUT2D eigenvalue weighted by Crippen LogP contribution is -2.21. The Hall–Kier alpha value is -0.730. The molecule has 0 fully saturated rings. The van der Waals surface area contributed by atoms with Crippen molar-refractivity contribution in [2.24, 2.45) is 5.41 Å². The lowest BCUT2D eigenvalue weighted by Gasteiger charge is -2.26. The number of hydrogen-bond acceptors (Lipinski definition) is 1. The quantitative estimate of drug-likeness (QED) is 0.448. The molecule has 2 aromatic rings. The number of unbranched alkanes of at least 4 members (excludes halogenated alkanes) is 2. The van der Waals surface area contributed by atoms with E-state index in [0.29, 0.717) is 5.88 Å². The molecular formula is C17H24Cl2N2. The van der Waals surface area contributed by atoms with Crippen LogP contribution in [0.15, 0.2) is 18.2 Å². The number of alkyl halides is 1. The lowest BCUT2D eigenvalue weighted by atomic mass is 9.86. The molecule has 21 heavy (non-hydrogen) atoms. The molecule has 1 aromatic heterocycles. The zero-order valence-electron chi connectivity index (χ0n) is 13.1.